The van der Waals surface area contributed by atoms with Crippen LogP contribution in [0.2, 0.25) is 10.0 Å². The van der Waals surface area contributed by atoms with Gasteiger partial charge in [-0.2, -0.15) is 8.42 Å². The Balaban J connectivity index is 2.34. The molecule has 2 aromatic carbocycles. The molecule has 0 heterocycles. The molecule has 24 heavy (non-hydrogen) atoms. The highest BCUT2D eigenvalue weighted by Gasteiger charge is 2.22. The van der Waals surface area contributed by atoms with E-state index in [1.165, 1.54) is 30.3 Å². The average Bonchev–Trinajstić information content (AvgIpc) is 2.48. The number of hydrogen-bond donors (Lipinski definition) is 1. The number of aryl methyl sites for hydroxylation is 1. The first-order valence-electron chi connectivity index (χ1n) is 7.08. The Bertz CT molecular complexity index is 836. The zero-order valence-electron chi connectivity index (χ0n) is 13.0. The first-order chi connectivity index (χ1) is 11.2. The summed E-state index contributed by atoms with van der Waals surface area (Å²) in [6, 6.07) is 8.81. The highest BCUT2D eigenvalue weighted by Crippen LogP contribution is 2.32. The van der Waals surface area contributed by atoms with Gasteiger partial charge in [-0.05, 0) is 36.8 Å². The van der Waals surface area contributed by atoms with E-state index < -0.39 is 16.4 Å². The van der Waals surface area contributed by atoms with Crippen molar-refractivity contribution in [3.8, 4) is 11.5 Å². The summed E-state index contributed by atoms with van der Waals surface area (Å²) >= 11 is 11.8. The quantitative estimate of drug-likeness (QED) is 0.591. The Morgan fingerprint density at radius 3 is 2.50 bits per heavy atom. The zero-order valence-corrected chi connectivity index (χ0v) is 15.3. The third kappa shape index (κ3) is 4.54. The fourth-order valence-electron chi connectivity index (χ4n) is 1.92. The molecule has 5 nitrogen and oxygen atoms in total. The summed E-state index contributed by atoms with van der Waals surface area (Å²) in [6.07, 6.45) is -0.598. The van der Waals surface area contributed by atoms with Gasteiger partial charge < -0.3 is 14.0 Å². The zero-order chi connectivity index (χ0) is 17.9. The monoisotopic (exact) mass is 390 g/mol. The molecule has 2 aromatic rings. The van der Waals surface area contributed by atoms with E-state index in [2.05, 4.69) is 0 Å². The predicted molar refractivity (Wildman–Crippen MR) is 92.4 cm³/mol. The van der Waals surface area contributed by atoms with Crippen molar-refractivity contribution in [3.63, 3.8) is 0 Å². The van der Waals surface area contributed by atoms with Crippen LogP contribution in [0.15, 0.2) is 41.3 Å². The van der Waals surface area contributed by atoms with Crippen LogP contribution in [0.5, 0.6) is 11.5 Å². The van der Waals surface area contributed by atoms with Gasteiger partial charge in [-0.1, -0.05) is 36.2 Å². The van der Waals surface area contributed by atoms with Gasteiger partial charge in [0, 0.05) is 12.5 Å². The van der Waals surface area contributed by atoms with E-state index in [1.54, 1.807) is 19.9 Å². The number of aliphatic hydroxyl groups excluding tert-OH is 1. The summed E-state index contributed by atoms with van der Waals surface area (Å²) in [7, 11) is -4.17. The third-order valence-corrected chi connectivity index (χ3v) is 5.26. The predicted octanol–water partition coefficient (Wildman–Crippen LogP) is 4.18. The highest BCUT2D eigenvalue weighted by atomic mass is 35.5. The fraction of sp³-hybridized carbons (Fsp3) is 0.250. The Labute approximate surface area is 150 Å². The third-order valence-electron chi connectivity index (χ3n) is 3.04. The van der Waals surface area contributed by atoms with Crippen molar-refractivity contribution in [2.45, 2.75) is 31.5 Å². The van der Waals surface area contributed by atoms with E-state index in [0.717, 1.165) is 0 Å². The van der Waals surface area contributed by atoms with Gasteiger partial charge in [-0.25, -0.2) is 0 Å². The Morgan fingerprint density at radius 1 is 1.17 bits per heavy atom. The summed E-state index contributed by atoms with van der Waals surface area (Å²) in [6.45, 7) is 3.50. The van der Waals surface area contributed by atoms with Crippen LogP contribution in [0.1, 0.15) is 18.9 Å². The van der Waals surface area contributed by atoms with Crippen molar-refractivity contribution in [1.29, 1.82) is 0 Å². The standard InChI is InChI=1S/C16H16Cl2O5S/c1-3-15(19)22-11-7-10(2)8-12(9-11)23-24(20,21)14-6-4-5-13(17)16(14)18/h4-9,15,19H,3H2,1-2H3. The molecule has 0 radical (unpaired) electrons. The number of ether oxygens (including phenoxy) is 1. The minimum absolute atomic E-state index is 0.0457. The molecule has 8 heteroatoms. The van der Waals surface area contributed by atoms with E-state index >= 15 is 0 Å². The molecular formula is C16H16Cl2O5S. The second kappa shape index (κ2) is 7.61. The van der Waals surface area contributed by atoms with Crippen LogP contribution < -0.4 is 8.92 Å². The smallest absolute Gasteiger partial charge is 0.340 e. The first kappa shape index (κ1) is 18.9. The molecule has 0 fully saturated rings. The lowest BCUT2D eigenvalue weighted by molar-refractivity contribution is -0.0192. The summed E-state index contributed by atoms with van der Waals surface area (Å²) in [4.78, 5) is -0.228. The Morgan fingerprint density at radius 2 is 1.83 bits per heavy atom. The molecule has 0 bridgehead atoms. The van der Waals surface area contributed by atoms with Crippen molar-refractivity contribution in [2.24, 2.45) is 0 Å². The molecule has 0 spiro atoms. The van der Waals surface area contributed by atoms with Gasteiger partial charge in [0.1, 0.15) is 16.4 Å². The van der Waals surface area contributed by atoms with E-state index in [9.17, 15) is 13.5 Å². The van der Waals surface area contributed by atoms with Crippen molar-refractivity contribution in [1.82, 2.24) is 0 Å². The molecule has 1 N–H and O–H groups in total. The Kier molecular flexibility index (Phi) is 5.98. The van der Waals surface area contributed by atoms with Gasteiger partial charge in [0.05, 0.1) is 10.0 Å². The van der Waals surface area contributed by atoms with Crippen LogP contribution in [0.25, 0.3) is 0 Å². The molecule has 1 atom stereocenters. The van der Waals surface area contributed by atoms with E-state index in [0.29, 0.717) is 17.7 Å². The van der Waals surface area contributed by atoms with E-state index in [1.807, 2.05) is 0 Å². The number of aliphatic hydroxyl groups is 1. The minimum atomic E-state index is -4.17. The number of hydrogen-bond acceptors (Lipinski definition) is 5. The maximum Gasteiger partial charge on any atom is 0.340 e. The molecule has 2 rings (SSSR count). The van der Waals surface area contributed by atoms with Gasteiger partial charge in [0.25, 0.3) is 0 Å². The molecule has 130 valence electrons. The SMILES string of the molecule is CCC(O)Oc1cc(C)cc(OS(=O)(=O)c2cccc(Cl)c2Cl)c1. The van der Waals surface area contributed by atoms with Crippen molar-refractivity contribution in [2.75, 3.05) is 0 Å². The summed E-state index contributed by atoms with van der Waals surface area (Å²) in [5.41, 5.74) is 0.707. The largest absolute Gasteiger partial charge is 0.465 e. The molecule has 0 aliphatic heterocycles. The fourth-order valence-corrected chi connectivity index (χ4v) is 3.57. The highest BCUT2D eigenvalue weighted by molar-refractivity contribution is 7.87. The first-order valence-corrected chi connectivity index (χ1v) is 9.24. The van der Waals surface area contributed by atoms with Gasteiger partial charge in [0.15, 0.2) is 6.29 Å². The van der Waals surface area contributed by atoms with Crippen molar-refractivity contribution < 1.29 is 22.4 Å². The number of rotatable bonds is 6. The summed E-state index contributed by atoms with van der Waals surface area (Å²) in [5.74, 6) is 0.344. The average molecular weight is 391 g/mol. The van der Waals surface area contributed by atoms with Crippen LogP contribution in [0.4, 0.5) is 0 Å². The summed E-state index contributed by atoms with van der Waals surface area (Å²) < 4.78 is 35.2. The number of benzene rings is 2. The minimum Gasteiger partial charge on any atom is -0.465 e. The molecule has 0 amide bonds. The van der Waals surface area contributed by atoms with Crippen molar-refractivity contribution in [3.05, 3.63) is 52.0 Å². The molecule has 0 aliphatic rings. The Hall–Kier alpha value is -1.47. The van der Waals surface area contributed by atoms with Crippen LogP contribution in [0.3, 0.4) is 0 Å². The molecule has 0 saturated heterocycles. The maximum absolute atomic E-state index is 12.4. The van der Waals surface area contributed by atoms with Crippen molar-refractivity contribution >= 4 is 33.3 Å². The second-order valence-corrected chi connectivity index (χ2v) is 7.35. The van der Waals surface area contributed by atoms with E-state index in [4.69, 9.17) is 32.1 Å². The lowest BCUT2D eigenvalue weighted by Gasteiger charge is -2.14. The van der Waals surface area contributed by atoms with Crippen LogP contribution >= 0.6 is 23.2 Å². The molecule has 0 aromatic heterocycles. The molecule has 0 saturated carbocycles. The topological polar surface area (TPSA) is 72.8 Å². The van der Waals surface area contributed by atoms with Gasteiger partial charge >= 0.3 is 10.1 Å². The second-order valence-electron chi connectivity index (χ2n) is 5.05. The maximum atomic E-state index is 12.4. The van der Waals surface area contributed by atoms with Crippen LogP contribution in [0, 0.1) is 6.92 Å². The van der Waals surface area contributed by atoms with E-state index in [-0.39, 0.29) is 20.7 Å². The van der Waals surface area contributed by atoms with Gasteiger partial charge in [-0.15, -0.1) is 0 Å². The van der Waals surface area contributed by atoms with Gasteiger partial charge in [0.2, 0.25) is 0 Å². The van der Waals surface area contributed by atoms with Crippen LogP contribution in [-0.4, -0.2) is 19.8 Å². The molecule has 1 unspecified atom stereocenters. The van der Waals surface area contributed by atoms with Gasteiger partial charge in [-0.3, -0.25) is 0 Å². The normalized spacial score (nSPS) is 12.7. The number of halogens is 2. The van der Waals surface area contributed by atoms with Crippen LogP contribution in [-0.2, 0) is 10.1 Å². The molecular weight excluding hydrogens is 375 g/mol. The summed E-state index contributed by atoms with van der Waals surface area (Å²) in [5, 5.41) is 9.56. The lowest BCUT2D eigenvalue weighted by Crippen LogP contribution is -2.14. The molecule has 0 aliphatic carbocycles. The lowest BCUT2D eigenvalue weighted by atomic mass is 10.2.